The average Bonchev–Trinajstić information content (AvgIpc) is 3.43. The highest BCUT2D eigenvalue weighted by molar-refractivity contribution is 14.1. The Bertz CT molecular complexity index is 1160. The molecule has 0 spiro atoms. The lowest BCUT2D eigenvalue weighted by atomic mass is 10.3. The SMILES string of the molecule is O=C(Nc1cnn(COc2ccc(Br)cc2)c1)c1ccc(COc2ccc(I)cc2)o1. The lowest BCUT2D eigenvalue weighted by Crippen LogP contribution is -2.10. The maximum absolute atomic E-state index is 12.4. The maximum atomic E-state index is 12.4. The van der Waals surface area contributed by atoms with Gasteiger partial charge in [-0.15, -0.1) is 0 Å². The number of amides is 1. The molecule has 31 heavy (non-hydrogen) atoms. The summed E-state index contributed by atoms with van der Waals surface area (Å²) in [4.78, 5) is 12.4. The third-order valence-corrected chi connectivity index (χ3v) is 5.40. The predicted octanol–water partition coefficient (Wildman–Crippen LogP) is 5.71. The fraction of sp³-hybridized carbons (Fsp3) is 0.0909. The number of aromatic nitrogens is 2. The van der Waals surface area contributed by atoms with Gasteiger partial charge in [-0.3, -0.25) is 4.79 Å². The van der Waals surface area contributed by atoms with Crippen LogP contribution in [0.1, 0.15) is 16.3 Å². The van der Waals surface area contributed by atoms with Crippen LogP contribution in [0.15, 0.2) is 81.9 Å². The Morgan fingerprint density at radius 3 is 2.52 bits per heavy atom. The van der Waals surface area contributed by atoms with E-state index in [1.165, 1.54) is 0 Å². The second-order valence-electron chi connectivity index (χ2n) is 6.46. The number of carbonyl (C=O) groups excluding carboxylic acids is 1. The molecule has 158 valence electrons. The monoisotopic (exact) mass is 593 g/mol. The van der Waals surface area contributed by atoms with Crippen molar-refractivity contribution in [3.05, 3.63) is 92.6 Å². The molecule has 0 saturated carbocycles. The van der Waals surface area contributed by atoms with E-state index in [1.807, 2.05) is 48.5 Å². The van der Waals surface area contributed by atoms with Crippen molar-refractivity contribution < 1.29 is 18.7 Å². The van der Waals surface area contributed by atoms with Crippen molar-refractivity contribution >= 4 is 50.1 Å². The first-order valence-corrected chi connectivity index (χ1v) is 11.1. The Kier molecular flexibility index (Phi) is 6.92. The van der Waals surface area contributed by atoms with E-state index < -0.39 is 0 Å². The second kappa shape index (κ2) is 10.0. The van der Waals surface area contributed by atoms with Crippen molar-refractivity contribution in [2.24, 2.45) is 0 Å². The molecule has 2 heterocycles. The number of halogens is 2. The van der Waals surface area contributed by atoms with Gasteiger partial charge in [0.15, 0.2) is 12.5 Å². The van der Waals surface area contributed by atoms with Crippen molar-refractivity contribution in [2.45, 2.75) is 13.3 Å². The van der Waals surface area contributed by atoms with Crippen molar-refractivity contribution in [3.63, 3.8) is 0 Å². The molecule has 2 aromatic heterocycles. The molecule has 2 aromatic carbocycles. The number of furan rings is 1. The summed E-state index contributed by atoms with van der Waals surface area (Å²) in [6, 6.07) is 18.5. The standard InChI is InChI=1S/C22H17BrIN3O4/c23-15-1-5-19(6-2-15)30-14-27-12-17(11-25-27)26-22(28)21-10-9-20(31-21)13-29-18-7-3-16(24)4-8-18/h1-12H,13-14H2,(H,26,28). The molecule has 0 bridgehead atoms. The van der Waals surface area contributed by atoms with Gasteiger partial charge in [-0.05, 0) is 83.3 Å². The molecule has 0 saturated heterocycles. The van der Waals surface area contributed by atoms with Gasteiger partial charge in [0.25, 0.3) is 5.91 Å². The maximum Gasteiger partial charge on any atom is 0.291 e. The van der Waals surface area contributed by atoms with Crippen LogP contribution >= 0.6 is 38.5 Å². The van der Waals surface area contributed by atoms with Crippen LogP contribution in [0.3, 0.4) is 0 Å². The number of anilines is 1. The predicted molar refractivity (Wildman–Crippen MR) is 127 cm³/mol. The zero-order valence-electron chi connectivity index (χ0n) is 16.1. The lowest BCUT2D eigenvalue weighted by Gasteiger charge is -2.06. The van der Waals surface area contributed by atoms with Gasteiger partial charge in [0.05, 0.1) is 18.1 Å². The fourth-order valence-corrected chi connectivity index (χ4v) is 3.25. The van der Waals surface area contributed by atoms with Gasteiger partial charge in [-0.25, -0.2) is 4.68 Å². The second-order valence-corrected chi connectivity index (χ2v) is 8.62. The summed E-state index contributed by atoms with van der Waals surface area (Å²) in [6.07, 6.45) is 3.23. The Labute approximate surface area is 200 Å². The van der Waals surface area contributed by atoms with Crippen LogP contribution in [-0.4, -0.2) is 15.7 Å². The molecule has 0 aliphatic rings. The normalized spacial score (nSPS) is 10.6. The number of nitrogens with one attached hydrogen (secondary N) is 1. The molecule has 9 heteroatoms. The van der Waals surface area contributed by atoms with Crippen molar-refractivity contribution in [3.8, 4) is 11.5 Å². The van der Waals surface area contributed by atoms with E-state index in [-0.39, 0.29) is 25.0 Å². The lowest BCUT2D eigenvalue weighted by molar-refractivity contribution is 0.0992. The van der Waals surface area contributed by atoms with E-state index in [2.05, 4.69) is 48.9 Å². The number of ether oxygens (including phenoxy) is 2. The summed E-state index contributed by atoms with van der Waals surface area (Å²) in [5, 5.41) is 6.94. The molecule has 4 rings (SSSR count). The Balaban J connectivity index is 1.28. The zero-order valence-corrected chi connectivity index (χ0v) is 19.9. The third kappa shape index (κ3) is 6.11. The fourth-order valence-electron chi connectivity index (χ4n) is 2.63. The molecule has 0 radical (unpaired) electrons. The number of hydrogen-bond donors (Lipinski definition) is 1. The smallest absolute Gasteiger partial charge is 0.291 e. The molecule has 0 aliphatic heterocycles. The summed E-state index contributed by atoms with van der Waals surface area (Å²) >= 11 is 5.61. The van der Waals surface area contributed by atoms with Crippen molar-refractivity contribution in [1.29, 1.82) is 0 Å². The molecule has 1 N–H and O–H groups in total. The Morgan fingerprint density at radius 1 is 1.03 bits per heavy atom. The van der Waals surface area contributed by atoms with Crippen LogP contribution in [-0.2, 0) is 13.3 Å². The minimum Gasteiger partial charge on any atom is -0.486 e. The highest BCUT2D eigenvalue weighted by atomic mass is 127. The minimum atomic E-state index is -0.367. The number of carbonyl (C=O) groups is 1. The van der Waals surface area contributed by atoms with E-state index >= 15 is 0 Å². The van der Waals surface area contributed by atoms with Gasteiger partial charge in [0.2, 0.25) is 0 Å². The summed E-state index contributed by atoms with van der Waals surface area (Å²) in [5.41, 5.74) is 0.539. The van der Waals surface area contributed by atoms with Crippen LogP contribution in [0.5, 0.6) is 11.5 Å². The number of benzene rings is 2. The van der Waals surface area contributed by atoms with Gasteiger partial charge in [0.1, 0.15) is 23.9 Å². The molecule has 4 aromatic rings. The molecular formula is C22H17BrIN3O4. The third-order valence-electron chi connectivity index (χ3n) is 4.15. The summed E-state index contributed by atoms with van der Waals surface area (Å²) in [6.45, 7) is 0.456. The van der Waals surface area contributed by atoms with E-state index in [9.17, 15) is 4.79 Å². The van der Waals surface area contributed by atoms with Crippen molar-refractivity contribution in [2.75, 3.05) is 5.32 Å². The summed E-state index contributed by atoms with van der Waals surface area (Å²) in [7, 11) is 0. The topological polar surface area (TPSA) is 78.5 Å². The van der Waals surface area contributed by atoms with Gasteiger partial charge >= 0.3 is 0 Å². The molecular weight excluding hydrogens is 577 g/mol. The Hall–Kier alpha value is -2.79. The molecule has 1 amide bonds. The van der Waals surface area contributed by atoms with Crippen LogP contribution in [0.2, 0.25) is 0 Å². The van der Waals surface area contributed by atoms with E-state index in [0.29, 0.717) is 11.4 Å². The molecule has 0 fully saturated rings. The van der Waals surface area contributed by atoms with Crippen LogP contribution in [0.25, 0.3) is 0 Å². The van der Waals surface area contributed by atoms with E-state index in [1.54, 1.807) is 29.2 Å². The minimum absolute atomic E-state index is 0.195. The number of rotatable bonds is 8. The van der Waals surface area contributed by atoms with E-state index in [4.69, 9.17) is 13.9 Å². The number of hydrogen-bond acceptors (Lipinski definition) is 5. The molecule has 0 aliphatic carbocycles. The first-order valence-electron chi connectivity index (χ1n) is 9.24. The van der Waals surface area contributed by atoms with Crippen molar-refractivity contribution in [1.82, 2.24) is 9.78 Å². The zero-order chi connectivity index (χ0) is 21.6. The Morgan fingerprint density at radius 2 is 1.74 bits per heavy atom. The quantitative estimate of drug-likeness (QED) is 0.265. The highest BCUT2D eigenvalue weighted by Crippen LogP contribution is 2.18. The molecule has 0 atom stereocenters. The van der Waals surface area contributed by atoms with Crippen LogP contribution < -0.4 is 14.8 Å². The number of nitrogens with zero attached hydrogens (tertiary/aromatic N) is 2. The van der Waals surface area contributed by atoms with Gasteiger partial charge in [-0.2, -0.15) is 5.10 Å². The molecule has 0 unspecified atom stereocenters. The molecule has 7 nitrogen and oxygen atoms in total. The summed E-state index contributed by atoms with van der Waals surface area (Å²) < 4.78 is 20.6. The first kappa shape index (κ1) is 21.4. The van der Waals surface area contributed by atoms with Crippen LogP contribution in [0.4, 0.5) is 5.69 Å². The van der Waals surface area contributed by atoms with Gasteiger partial charge in [0, 0.05) is 8.04 Å². The van der Waals surface area contributed by atoms with E-state index in [0.717, 1.165) is 19.5 Å². The largest absolute Gasteiger partial charge is 0.486 e. The highest BCUT2D eigenvalue weighted by Gasteiger charge is 2.13. The average molecular weight is 594 g/mol. The van der Waals surface area contributed by atoms with Gasteiger partial charge in [-0.1, -0.05) is 15.9 Å². The van der Waals surface area contributed by atoms with Crippen LogP contribution in [0, 0.1) is 3.57 Å². The first-order chi connectivity index (χ1) is 15.0. The van der Waals surface area contributed by atoms with Gasteiger partial charge < -0.3 is 19.2 Å². The summed E-state index contributed by atoms with van der Waals surface area (Å²) in [5.74, 6) is 1.84.